The van der Waals surface area contributed by atoms with Gasteiger partial charge in [-0.05, 0) is 50.1 Å². The molecule has 1 unspecified atom stereocenters. The molecule has 1 aliphatic heterocycles. The van der Waals surface area contributed by atoms with E-state index in [0.717, 1.165) is 22.7 Å². The lowest BCUT2D eigenvalue weighted by atomic mass is 10.1. The van der Waals surface area contributed by atoms with Gasteiger partial charge in [-0.2, -0.15) is 0 Å². The highest BCUT2D eigenvalue weighted by Gasteiger charge is 2.31. The van der Waals surface area contributed by atoms with Crippen molar-refractivity contribution in [1.82, 2.24) is 10.2 Å². The molecule has 0 spiro atoms. The van der Waals surface area contributed by atoms with E-state index in [-0.39, 0.29) is 30.7 Å². The van der Waals surface area contributed by atoms with Crippen molar-refractivity contribution in [3.63, 3.8) is 0 Å². The quantitative estimate of drug-likeness (QED) is 0.394. The zero-order valence-electron chi connectivity index (χ0n) is 21.7. The van der Waals surface area contributed by atoms with Gasteiger partial charge in [0.15, 0.2) is 11.5 Å². The number of unbranched alkanes of at least 4 members (excludes halogenated alkanes) is 1. The molecule has 11 heteroatoms. The smallest absolute Gasteiger partial charge is 0.244 e. The number of amides is 2. The van der Waals surface area contributed by atoms with E-state index in [0.29, 0.717) is 23.8 Å². The molecule has 2 aromatic rings. The first-order valence-corrected chi connectivity index (χ1v) is 13.9. The molecule has 3 rings (SSSR count). The van der Waals surface area contributed by atoms with E-state index in [9.17, 15) is 18.0 Å². The highest BCUT2D eigenvalue weighted by Crippen LogP contribution is 2.36. The molecule has 2 amide bonds. The zero-order valence-corrected chi connectivity index (χ0v) is 22.5. The number of methoxy groups -OCH3 is 1. The van der Waals surface area contributed by atoms with Gasteiger partial charge in [0.2, 0.25) is 28.6 Å². The summed E-state index contributed by atoms with van der Waals surface area (Å²) in [5.41, 5.74) is 1.02. The van der Waals surface area contributed by atoms with Crippen LogP contribution in [-0.2, 0) is 26.2 Å². The molecule has 10 nitrogen and oxygen atoms in total. The summed E-state index contributed by atoms with van der Waals surface area (Å²) >= 11 is 0. The standard InChI is InChI=1S/C26H35N3O7S/c1-5-7-13-27-26(31)19(3)28(16-20-9-8-10-22(14-20)34-4)25(30)17-29(37(32,33)6-2)21-11-12-23-24(15-21)36-18-35-23/h8-12,14-15,19H,5-7,13,16-18H2,1-4H3,(H,27,31). The monoisotopic (exact) mass is 533 g/mol. The van der Waals surface area contributed by atoms with Crippen LogP contribution in [0.3, 0.4) is 0 Å². The lowest BCUT2D eigenvalue weighted by molar-refractivity contribution is -0.139. The van der Waals surface area contributed by atoms with Gasteiger partial charge in [-0.1, -0.05) is 25.5 Å². The summed E-state index contributed by atoms with van der Waals surface area (Å²) in [7, 11) is -2.29. The van der Waals surface area contributed by atoms with Crippen LogP contribution in [0.25, 0.3) is 0 Å². The largest absolute Gasteiger partial charge is 0.497 e. The Balaban J connectivity index is 1.92. The summed E-state index contributed by atoms with van der Waals surface area (Å²) in [6.45, 7) is 5.32. The van der Waals surface area contributed by atoms with Crippen molar-refractivity contribution in [3.05, 3.63) is 48.0 Å². The molecular formula is C26H35N3O7S. The third kappa shape index (κ3) is 7.06. The molecular weight excluding hydrogens is 498 g/mol. The second-order valence-corrected chi connectivity index (χ2v) is 10.8. The molecule has 0 bridgehead atoms. The number of ether oxygens (including phenoxy) is 3. The Morgan fingerprint density at radius 1 is 1.11 bits per heavy atom. The topological polar surface area (TPSA) is 114 Å². The Morgan fingerprint density at radius 2 is 1.86 bits per heavy atom. The maximum Gasteiger partial charge on any atom is 0.244 e. The minimum Gasteiger partial charge on any atom is -0.497 e. The number of rotatable bonds is 13. The first kappa shape index (κ1) is 28.1. The number of nitrogens with zero attached hydrogens (tertiary/aromatic N) is 2. The average molecular weight is 534 g/mol. The van der Waals surface area contributed by atoms with Gasteiger partial charge in [-0.3, -0.25) is 13.9 Å². The Morgan fingerprint density at radius 3 is 2.57 bits per heavy atom. The Hall–Kier alpha value is -3.47. The van der Waals surface area contributed by atoms with Gasteiger partial charge in [0, 0.05) is 19.2 Å². The van der Waals surface area contributed by atoms with Crippen LogP contribution in [0.4, 0.5) is 5.69 Å². The highest BCUT2D eigenvalue weighted by atomic mass is 32.2. The molecule has 0 saturated heterocycles. The number of nitrogens with one attached hydrogen (secondary N) is 1. The first-order valence-electron chi connectivity index (χ1n) is 12.3. The van der Waals surface area contributed by atoms with Crippen molar-refractivity contribution in [3.8, 4) is 17.2 Å². The number of fused-ring (bicyclic) bond motifs is 1. The third-order valence-corrected chi connectivity index (χ3v) is 7.85. The zero-order chi connectivity index (χ0) is 27.0. The van der Waals surface area contributed by atoms with Gasteiger partial charge in [-0.25, -0.2) is 8.42 Å². The number of carbonyl (C=O) groups is 2. The molecule has 0 radical (unpaired) electrons. The van der Waals surface area contributed by atoms with Crippen LogP contribution in [0.2, 0.25) is 0 Å². The Bertz CT molecular complexity index is 1200. The Labute approximate surface area is 218 Å². The molecule has 0 aromatic heterocycles. The van der Waals surface area contributed by atoms with Crippen molar-refractivity contribution in [2.45, 2.75) is 46.2 Å². The highest BCUT2D eigenvalue weighted by molar-refractivity contribution is 7.92. The van der Waals surface area contributed by atoms with Gasteiger partial charge in [-0.15, -0.1) is 0 Å². The first-order chi connectivity index (χ1) is 17.7. The number of hydrogen-bond donors (Lipinski definition) is 1. The number of anilines is 1. The maximum atomic E-state index is 13.7. The summed E-state index contributed by atoms with van der Waals surface area (Å²) in [5.74, 6) is 0.477. The van der Waals surface area contributed by atoms with Crippen LogP contribution in [-0.4, -0.2) is 63.9 Å². The van der Waals surface area contributed by atoms with Gasteiger partial charge in [0.1, 0.15) is 18.3 Å². The molecule has 1 heterocycles. The fourth-order valence-corrected chi connectivity index (χ4v) is 4.90. The SMILES string of the molecule is CCCCNC(=O)C(C)N(Cc1cccc(OC)c1)C(=O)CN(c1ccc2c(c1)OCO2)S(=O)(=O)CC. The molecule has 0 aliphatic carbocycles. The minimum atomic E-state index is -3.84. The fourth-order valence-electron chi connectivity index (χ4n) is 3.85. The van der Waals surface area contributed by atoms with Gasteiger partial charge in [0.25, 0.3) is 0 Å². The van der Waals surface area contributed by atoms with Crippen molar-refractivity contribution >= 4 is 27.5 Å². The molecule has 2 aromatic carbocycles. The Kier molecular flexibility index (Phi) is 9.62. The summed E-state index contributed by atoms with van der Waals surface area (Å²) in [5, 5.41) is 2.86. The van der Waals surface area contributed by atoms with E-state index in [4.69, 9.17) is 14.2 Å². The summed E-state index contributed by atoms with van der Waals surface area (Å²) in [6, 6.07) is 11.1. The summed E-state index contributed by atoms with van der Waals surface area (Å²) in [6.07, 6.45) is 1.73. The normalized spacial score (nSPS) is 13.1. The number of hydrogen-bond acceptors (Lipinski definition) is 7. The van der Waals surface area contributed by atoms with Crippen LogP contribution in [0.5, 0.6) is 17.2 Å². The second kappa shape index (κ2) is 12.7. The van der Waals surface area contributed by atoms with Crippen molar-refractivity contribution in [2.75, 3.05) is 37.1 Å². The van der Waals surface area contributed by atoms with E-state index in [1.165, 1.54) is 17.9 Å². The molecule has 1 aliphatic rings. The minimum absolute atomic E-state index is 0.0389. The van der Waals surface area contributed by atoms with E-state index >= 15 is 0 Å². The van der Waals surface area contributed by atoms with E-state index in [2.05, 4.69) is 5.32 Å². The third-order valence-electron chi connectivity index (χ3n) is 6.11. The van der Waals surface area contributed by atoms with E-state index in [1.54, 1.807) is 44.4 Å². The number of carbonyl (C=O) groups excluding carboxylic acids is 2. The molecule has 0 fully saturated rings. The number of benzene rings is 2. The lowest BCUT2D eigenvalue weighted by Crippen LogP contribution is -2.51. The molecule has 202 valence electrons. The summed E-state index contributed by atoms with van der Waals surface area (Å²) < 4.78 is 43.2. The summed E-state index contributed by atoms with van der Waals surface area (Å²) in [4.78, 5) is 28.0. The molecule has 1 N–H and O–H groups in total. The van der Waals surface area contributed by atoms with Crippen LogP contribution < -0.4 is 23.8 Å². The van der Waals surface area contributed by atoms with Crippen LogP contribution in [0, 0.1) is 0 Å². The predicted molar refractivity (Wildman–Crippen MR) is 140 cm³/mol. The van der Waals surface area contributed by atoms with E-state index in [1.807, 2.05) is 13.0 Å². The van der Waals surface area contributed by atoms with Crippen molar-refractivity contribution in [1.29, 1.82) is 0 Å². The number of sulfonamides is 1. The maximum absolute atomic E-state index is 13.7. The van der Waals surface area contributed by atoms with Crippen LogP contribution in [0.1, 0.15) is 39.2 Å². The van der Waals surface area contributed by atoms with Crippen molar-refractivity contribution in [2.24, 2.45) is 0 Å². The van der Waals surface area contributed by atoms with Crippen LogP contribution >= 0.6 is 0 Å². The fraction of sp³-hybridized carbons (Fsp3) is 0.462. The molecule has 0 saturated carbocycles. The lowest BCUT2D eigenvalue weighted by Gasteiger charge is -2.32. The van der Waals surface area contributed by atoms with Gasteiger partial charge < -0.3 is 24.4 Å². The molecule has 1 atom stereocenters. The van der Waals surface area contributed by atoms with Crippen LogP contribution in [0.15, 0.2) is 42.5 Å². The average Bonchev–Trinajstić information content (AvgIpc) is 3.38. The second-order valence-electron chi connectivity index (χ2n) is 8.64. The van der Waals surface area contributed by atoms with Gasteiger partial charge >= 0.3 is 0 Å². The van der Waals surface area contributed by atoms with Gasteiger partial charge in [0.05, 0.1) is 18.6 Å². The van der Waals surface area contributed by atoms with Crippen molar-refractivity contribution < 1.29 is 32.2 Å². The van der Waals surface area contributed by atoms with E-state index < -0.39 is 28.5 Å². The molecule has 37 heavy (non-hydrogen) atoms. The predicted octanol–water partition coefficient (Wildman–Crippen LogP) is 2.91.